The molecular formula is C6H7ClNO. The van der Waals surface area contributed by atoms with Gasteiger partial charge >= 0.3 is 0 Å². The van der Waals surface area contributed by atoms with Gasteiger partial charge in [0, 0.05) is 5.03 Å². The molecule has 0 aromatic rings. The number of aliphatic hydroxyl groups is 1. The van der Waals surface area contributed by atoms with Crippen LogP contribution in [0, 0.1) is 6.04 Å². The van der Waals surface area contributed by atoms with Crippen LogP contribution in [0.4, 0.5) is 0 Å². The van der Waals surface area contributed by atoms with Gasteiger partial charge in [0.15, 0.2) is 0 Å². The molecule has 1 aliphatic rings. The molecule has 0 saturated heterocycles. The second kappa shape index (κ2) is 2.90. The molecule has 1 aliphatic heterocycles. The van der Waals surface area contributed by atoms with Crippen molar-refractivity contribution < 1.29 is 5.11 Å². The van der Waals surface area contributed by atoms with Gasteiger partial charge < -0.3 is 10.4 Å². The first kappa shape index (κ1) is 6.65. The van der Waals surface area contributed by atoms with Gasteiger partial charge in [0.25, 0.3) is 0 Å². The molecule has 0 amide bonds. The summed E-state index contributed by atoms with van der Waals surface area (Å²) in [5, 5.41) is 12.0. The lowest BCUT2D eigenvalue weighted by atomic mass is 10.2. The molecule has 9 heavy (non-hydrogen) atoms. The number of nitrogens with one attached hydrogen (secondary N) is 1. The number of hydrogen-bond donors (Lipinski definition) is 2. The lowest BCUT2D eigenvalue weighted by molar-refractivity contribution is 0.306. The van der Waals surface area contributed by atoms with Crippen LogP contribution in [0.25, 0.3) is 0 Å². The zero-order chi connectivity index (χ0) is 6.69. The summed E-state index contributed by atoms with van der Waals surface area (Å²) in [4.78, 5) is 0. The van der Waals surface area contributed by atoms with Crippen molar-refractivity contribution in [1.29, 1.82) is 0 Å². The smallest absolute Gasteiger partial charge is 0.127 e. The first-order valence-corrected chi connectivity index (χ1v) is 2.98. The number of rotatable bonds is 1. The van der Waals surface area contributed by atoms with Gasteiger partial charge in [-0.3, -0.25) is 0 Å². The van der Waals surface area contributed by atoms with Crippen molar-refractivity contribution in [3.63, 3.8) is 0 Å². The maximum atomic E-state index is 8.60. The summed E-state index contributed by atoms with van der Waals surface area (Å²) in [5.74, 6) is 0. The Labute approximate surface area is 58.8 Å². The third-order valence-corrected chi connectivity index (χ3v) is 1.40. The Morgan fingerprint density at radius 3 is 2.89 bits per heavy atom. The lowest BCUT2D eigenvalue weighted by Crippen LogP contribution is -2.20. The van der Waals surface area contributed by atoms with Crippen LogP contribution < -0.4 is 5.32 Å². The van der Waals surface area contributed by atoms with E-state index < -0.39 is 0 Å². The zero-order valence-corrected chi connectivity index (χ0v) is 5.52. The Morgan fingerprint density at radius 2 is 2.44 bits per heavy atom. The fraction of sp³-hybridized carbons (Fsp3) is 0.167. The average Bonchev–Trinajstić information content (AvgIpc) is 1.89. The van der Waals surface area contributed by atoms with E-state index in [0.717, 1.165) is 0 Å². The fourth-order valence-electron chi connectivity index (χ4n) is 0.572. The summed E-state index contributed by atoms with van der Waals surface area (Å²) < 4.78 is 0. The van der Waals surface area contributed by atoms with Gasteiger partial charge in [0.05, 0.1) is 6.61 Å². The Hall–Kier alpha value is -0.470. The van der Waals surface area contributed by atoms with Crippen LogP contribution in [0.5, 0.6) is 0 Å². The third kappa shape index (κ3) is 1.47. The molecule has 0 saturated carbocycles. The molecule has 49 valence electrons. The van der Waals surface area contributed by atoms with Crippen molar-refractivity contribution in [3.8, 4) is 0 Å². The van der Waals surface area contributed by atoms with Crippen molar-refractivity contribution in [3.05, 3.63) is 29.4 Å². The van der Waals surface area contributed by atoms with Gasteiger partial charge in [0.2, 0.25) is 0 Å². The first-order valence-electron chi connectivity index (χ1n) is 2.60. The summed E-state index contributed by atoms with van der Waals surface area (Å²) in [7, 11) is 0. The van der Waals surface area contributed by atoms with Crippen LogP contribution in [-0.4, -0.2) is 11.7 Å². The quantitative estimate of drug-likeness (QED) is 0.569. The molecule has 0 spiro atoms. The van der Waals surface area contributed by atoms with E-state index in [1.807, 2.05) is 0 Å². The highest BCUT2D eigenvalue weighted by molar-refractivity contribution is 6.31. The Balaban J connectivity index is 2.59. The Bertz CT molecular complexity index is 153. The molecule has 2 N–H and O–H groups in total. The van der Waals surface area contributed by atoms with Crippen LogP contribution in [0.2, 0.25) is 0 Å². The highest BCUT2D eigenvalue weighted by Gasteiger charge is 2.11. The van der Waals surface area contributed by atoms with Gasteiger partial charge in [-0.2, -0.15) is 0 Å². The van der Waals surface area contributed by atoms with E-state index in [1.165, 1.54) is 0 Å². The normalized spacial score (nSPS) is 19.1. The van der Waals surface area contributed by atoms with Crippen molar-refractivity contribution in [2.75, 3.05) is 6.61 Å². The molecule has 1 heterocycles. The van der Waals surface area contributed by atoms with Crippen molar-refractivity contribution in [2.24, 2.45) is 0 Å². The van der Waals surface area contributed by atoms with E-state index in [4.69, 9.17) is 16.7 Å². The van der Waals surface area contributed by atoms with Crippen molar-refractivity contribution in [2.45, 2.75) is 0 Å². The number of allylic oxidation sites excluding steroid dienone is 2. The molecule has 1 radical (unpaired) electrons. The summed E-state index contributed by atoms with van der Waals surface area (Å²) in [6.45, 7) is -0.0420. The van der Waals surface area contributed by atoms with E-state index in [9.17, 15) is 0 Å². The minimum atomic E-state index is -0.0420. The van der Waals surface area contributed by atoms with Crippen LogP contribution >= 0.6 is 11.6 Å². The number of dihydropyridines is 1. The summed E-state index contributed by atoms with van der Waals surface area (Å²) in [6.07, 6.45) is 5.22. The van der Waals surface area contributed by atoms with Crippen LogP contribution in [-0.2, 0) is 0 Å². The minimum absolute atomic E-state index is 0.0420. The maximum Gasteiger partial charge on any atom is 0.127 e. The molecule has 0 fully saturated rings. The number of halogens is 1. The number of aliphatic hydroxyl groups excluding tert-OH is 1. The molecular weight excluding hydrogens is 138 g/mol. The van der Waals surface area contributed by atoms with Crippen LogP contribution in [0.3, 0.4) is 0 Å². The minimum Gasteiger partial charge on any atom is -0.393 e. The molecule has 3 heteroatoms. The topological polar surface area (TPSA) is 32.3 Å². The van der Waals surface area contributed by atoms with E-state index >= 15 is 0 Å². The van der Waals surface area contributed by atoms with E-state index in [0.29, 0.717) is 11.1 Å². The van der Waals surface area contributed by atoms with E-state index in [-0.39, 0.29) is 6.61 Å². The molecule has 2 nitrogen and oxygen atoms in total. The predicted molar refractivity (Wildman–Crippen MR) is 36.5 cm³/mol. The second-order valence-corrected chi connectivity index (χ2v) is 2.06. The monoisotopic (exact) mass is 144 g/mol. The SMILES string of the molecule is OC[C]1NC=CC=C1Cl. The van der Waals surface area contributed by atoms with Crippen LogP contribution in [0.1, 0.15) is 0 Å². The molecule has 0 bridgehead atoms. The average molecular weight is 145 g/mol. The third-order valence-electron chi connectivity index (χ3n) is 1.04. The molecule has 0 aromatic carbocycles. The van der Waals surface area contributed by atoms with Crippen molar-refractivity contribution >= 4 is 11.6 Å². The predicted octanol–water partition coefficient (Wildman–Crippen LogP) is 0.750. The highest BCUT2D eigenvalue weighted by atomic mass is 35.5. The van der Waals surface area contributed by atoms with Gasteiger partial charge in [-0.25, -0.2) is 0 Å². The van der Waals surface area contributed by atoms with Gasteiger partial charge in [-0.1, -0.05) is 11.6 Å². The van der Waals surface area contributed by atoms with Gasteiger partial charge in [0.1, 0.15) is 6.04 Å². The fourth-order valence-corrected chi connectivity index (χ4v) is 0.759. The Morgan fingerprint density at radius 1 is 1.67 bits per heavy atom. The van der Waals surface area contributed by atoms with Crippen molar-refractivity contribution in [1.82, 2.24) is 5.32 Å². The second-order valence-electron chi connectivity index (χ2n) is 1.65. The maximum absolute atomic E-state index is 8.60. The molecule has 0 aromatic heterocycles. The Kier molecular flexibility index (Phi) is 2.14. The zero-order valence-electron chi connectivity index (χ0n) is 4.76. The highest BCUT2D eigenvalue weighted by Crippen LogP contribution is 2.16. The van der Waals surface area contributed by atoms with Gasteiger partial charge in [-0.15, -0.1) is 0 Å². The summed E-state index contributed by atoms with van der Waals surface area (Å²) in [6, 6.07) is 0.652. The molecule has 1 rings (SSSR count). The standard InChI is InChI=1S/C6H7ClNO/c7-5-2-1-3-8-6(5)4-9/h1-3,8-9H,4H2. The first-order chi connectivity index (χ1) is 4.34. The van der Waals surface area contributed by atoms with E-state index in [2.05, 4.69) is 5.32 Å². The summed E-state index contributed by atoms with van der Waals surface area (Å²) >= 11 is 5.63. The van der Waals surface area contributed by atoms with Gasteiger partial charge in [-0.05, 0) is 18.4 Å². The van der Waals surface area contributed by atoms with E-state index in [1.54, 1.807) is 18.4 Å². The summed E-state index contributed by atoms with van der Waals surface area (Å²) in [5.41, 5.74) is 0. The molecule has 0 unspecified atom stereocenters. The largest absolute Gasteiger partial charge is 0.393 e. The molecule has 0 aliphatic carbocycles. The molecule has 0 atom stereocenters. The van der Waals surface area contributed by atoms with Crippen LogP contribution in [0.15, 0.2) is 23.4 Å². The lowest BCUT2D eigenvalue weighted by Gasteiger charge is -2.14. The number of hydrogen-bond acceptors (Lipinski definition) is 2.